The van der Waals surface area contributed by atoms with Gasteiger partial charge in [0.05, 0.1) is 10.6 Å². The predicted molar refractivity (Wildman–Crippen MR) is 112 cm³/mol. The molecule has 0 aliphatic carbocycles. The molecule has 138 valence electrons. The third kappa shape index (κ3) is 3.85. The largest absolute Gasteiger partial charge is 0.298 e. The number of halogens is 1. The molecule has 1 amide bonds. The monoisotopic (exact) mass is 388 g/mol. The van der Waals surface area contributed by atoms with Crippen molar-refractivity contribution in [3.63, 3.8) is 0 Å². The van der Waals surface area contributed by atoms with E-state index in [0.717, 1.165) is 21.7 Å². The van der Waals surface area contributed by atoms with Gasteiger partial charge in [-0.25, -0.2) is 9.37 Å². The van der Waals surface area contributed by atoms with Gasteiger partial charge in [-0.1, -0.05) is 77.6 Å². The Hall–Kier alpha value is -3.31. The van der Waals surface area contributed by atoms with Crippen LogP contribution in [0.4, 0.5) is 9.52 Å². The molecule has 0 saturated carbocycles. The van der Waals surface area contributed by atoms with Crippen LogP contribution in [-0.4, -0.2) is 10.9 Å². The first kappa shape index (κ1) is 18.1. The van der Waals surface area contributed by atoms with Crippen molar-refractivity contribution in [2.75, 3.05) is 5.32 Å². The summed E-state index contributed by atoms with van der Waals surface area (Å²) in [4.78, 5) is 18.1. The van der Waals surface area contributed by atoms with E-state index in [-0.39, 0.29) is 11.5 Å². The molecule has 0 aliphatic heterocycles. The number of carbonyl (C=O) groups is 1. The fraction of sp³-hybridized carbons (Fsp3) is 0.0435. The van der Waals surface area contributed by atoms with Gasteiger partial charge in [-0.05, 0) is 30.7 Å². The summed E-state index contributed by atoms with van der Waals surface area (Å²) in [5.41, 5.74) is 4.25. The minimum Gasteiger partial charge on any atom is -0.298 e. The summed E-state index contributed by atoms with van der Waals surface area (Å²) < 4.78 is 13.4. The highest BCUT2D eigenvalue weighted by Gasteiger charge is 2.17. The Kier molecular flexibility index (Phi) is 5.00. The van der Waals surface area contributed by atoms with Gasteiger partial charge in [0.1, 0.15) is 5.82 Å². The maximum Gasteiger partial charge on any atom is 0.257 e. The van der Waals surface area contributed by atoms with Crippen molar-refractivity contribution < 1.29 is 9.18 Å². The van der Waals surface area contributed by atoms with E-state index in [4.69, 9.17) is 0 Å². The lowest BCUT2D eigenvalue weighted by Gasteiger charge is -2.03. The van der Waals surface area contributed by atoms with Gasteiger partial charge in [-0.2, -0.15) is 0 Å². The zero-order valence-corrected chi connectivity index (χ0v) is 16.0. The summed E-state index contributed by atoms with van der Waals surface area (Å²) in [7, 11) is 0. The summed E-state index contributed by atoms with van der Waals surface area (Å²) in [6, 6.07) is 23.7. The molecule has 4 aromatic rings. The summed E-state index contributed by atoms with van der Waals surface area (Å²) in [5, 5.41) is 3.27. The lowest BCUT2D eigenvalue weighted by Crippen LogP contribution is -2.11. The van der Waals surface area contributed by atoms with Gasteiger partial charge < -0.3 is 0 Å². The zero-order chi connectivity index (χ0) is 19.5. The third-order valence-corrected chi connectivity index (χ3v) is 5.32. The molecule has 0 bridgehead atoms. The molecule has 3 nitrogen and oxygen atoms in total. The zero-order valence-electron chi connectivity index (χ0n) is 15.1. The number of thiazole rings is 1. The average molecular weight is 388 g/mol. The number of hydrogen-bond donors (Lipinski definition) is 1. The number of anilines is 1. The highest BCUT2D eigenvalue weighted by Crippen LogP contribution is 2.39. The first-order valence-corrected chi connectivity index (χ1v) is 9.62. The first-order valence-electron chi connectivity index (χ1n) is 8.80. The van der Waals surface area contributed by atoms with E-state index in [1.807, 2.05) is 49.4 Å². The van der Waals surface area contributed by atoms with Gasteiger partial charge in [0.25, 0.3) is 5.91 Å². The summed E-state index contributed by atoms with van der Waals surface area (Å²) in [6.07, 6.45) is 0. The number of benzene rings is 3. The van der Waals surface area contributed by atoms with Crippen molar-refractivity contribution in [2.45, 2.75) is 6.92 Å². The molecule has 0 spiro atoms. The highest BCUT2D eigenvalue weighted by atomic mass is 32.1. The van der Waals surface area contributed by atoms with Crippen molar-refractivity contribution in [1.29, 1.82) is 0 Å². The van der Waals surface area contributed by atoms with Crippen molar-refractivity contribution >= 4 is 22.4 Å². The highest BCUT2D eigenvalue weighted by molar-refractivity contribution is 7.19. The number of aryl methyl sites for hydroxylation is 1. The lowest BCUT2D eigenvalue weighted by molar-refractivity contribution is 0.102. The van der Waals surface area contributed by atoms with E-state index in [1.165, 1.54) is 35.1 Å². The summed E-state index contributed by atoms with van der Waals surface area (Å²) in [6.45, 7) is 2.04. The molecule has 3 aromatic carbocycles. The van der Waals surface area contributed by atoms with Crippen LogP contribution in [-0.2, 0) is 0 Å². The molecule has 1 N–H and O–H groups in total. The van der Waals surface area contributed by atoms with Crippen molar-refractivity contribution in [3.05, 3.63) is 95.8 Å². The maximum atomic E-state index is 13.4. The quantitative estimate of drug-likeness (QED) is 0.454. The molecule has 5 heteroatoms. The molecule has 1 aromatic heterocycles. The Balaban J connectivity index is 1.73. The molecule has 0 fully saturated rings. The fourth-order valence-corrected chi connectivity index (χ4v) is 3.85. The van der Waals surface area contributed by atoms with Crippen molar-refractivity contribution in [1.82, 2.24) is 4.98 Å². The summed E-state index contributed by atoms with van der Waals surface area (Å²) in [5.74, 6) is -0.833. The average Bonchev–Trinajstić information content (AvgIpc) is 3.13. The van der Waals surface area contributed by atoms with Crippen LogP contribution in [0.25, 0.3) is 21.7 Å². The van der Waals surface area contributed by atoms with Crippen LogP contribution in [0.5, 0.6) is 0 Å². The predicted octanol–water partition coefficient (Wildman–Crippen LogP) is 6.18. The Labute approximate surface area is 166 Å². The molecule has 0 aliphatic rings. The van der Waals surface area contributed by atoms with Gasteiger partial charge in [-0.15, -0.1) is 0 Å². The number of aromatic nitrogens is 1. The Bertz CT molecular complexity index is 1120. The van der Waals surface area contributed by atoms with Gasteiger partial charge in [0.2, 0.25) is 0 Å². The lowest BCUT2D eigenvalue weighted by atomic mass is 10.1. The van der Waals surface area contributed by atoms with Crippen LogP contribution in [0, 0.1) is 12.7 Å². The number of nitrogens with zero attached hydrogens (tertiary/aromatic N) is 1. The van der Waals surface area contributed by atoms with E-state index < -0.39 is 5.82 Å². The van der Waals surface area contributed by atoms with E-state index in [1.54, 1.807) is 6.07 Å². The maximum absolute atomic E-state index is 13.4. The summed E-state index contributed by atoms with van der Waals surface area (Å²) >= 11 is 1.40. The molecular weight excluding hydrogens is 371 g/mol. The molecule has 1 heterocycles. The van der Waals surface area contributed by atoms with Crippen molar-refractivity contribution in [2.24, 2.45) is 0 Å². The van der Waals surface area contributed by atoms with Gasteiger partial charge in [0, 0.05) is 11.1 Å². The minimum atomic E-state index is -0.447. The Morgan fingerprint density at radius 1 is 0.929 bits per heavy atom. The smallest absolute Gasteiger partial charge is 0.257 e. The number of amides is 1. The number of carbonyl (C=O) groups excluding carboxylic acids is 1. The number of hydrogen-bond acceptors (Lipinski definition) is 3. The molecule has 0 unspecified atom stereocenters. The number of nitrogens with one attached hydrogen (secondary N) is 1. The van der Waals surface area contributed by atoms with Gasteiger partial charge >= 0.3 is 0 Å². The minimum absolute atomic E-state index is 0.258. The SMILES string of the molecule is Cc1ccc(-c2sc(NC(=O)c3cccc(F)c3)nc2-c2ccccc2)cc1. The standard InChI is InChI=1S/C23H17FN2OS/c1-15-10-12-17(13-11-15)21-20(16-6-3-2-4-7-16)25-23(28-21)26-22(27)18-8-5-9-19(24)14-18/h2-14H,1H3,(H,25,26,27). The molecule has 4 rings (SSSR count). The Morgan fingerprint density at radius 3 is 2.39 bits per heavy atom. The van der Waals surface area contributed by atoms with E-state index in [0.29, 0.717) is 5.13 Å². The van der Waals surface area contributed by atoms with Crippen LogP contribution >= 0.6 is 11.3 Å². The Morgan fingerprint density at radius 2 is 1.68 bits per heavy atom. The van der Waals surface area contributed by atoms with Gasteiger partial charge in [-0.3, -0.25) is 10.1 Å². The molecule has 0 atom stereocenters. The topological polar surface area (TPSA) is 42.0 Å². The fourth-order valence-electron chi connectivity index (χ4n) is 2.86. The van der Waals surface area contributed by atoms with Crippen LogP contribution in [0.3, 0.4) is 0 Å². The second-order valence-electron chi connectivity index (χ2n) is 6.39. The molecular formula is C23H17FN2OS. The van der Waals surface area contributed by atoms with Crippen LogP contribution in [0.1, 0.15) is 15.9 Å². The molecule has 0 saturated heterocycles. The van der Waals surface area contributed by atoms with Crippen LogP contribution in [0.15, 0.2) is 78.9 Å². The second-order valence-corrected chi connectivity index (χ2v) is 7.39. The second kappa shape index (κ2) is 7.74. The molecule has 0 radical (unpaired) electrons. The van der Waals surface area contributed by atoms with Crippen LogP contribution in [0.2, 0.25) is 0 Å². The third-order valence-electron chi connectivity index (χ3n) is 4.30. The van der Waals surface area contributed by atoms with E-state index in [2.05, 4.69) is 22.4 Å². The normalized spacial score (nSPS) is 10.6. The molecule has 28 heavy (non-hydrogen) atoms. The number of rotatable bonds is 4. The van der Waals surface area contributed by atoms with Crippen molar-refractivity contribution in [3.8, 4) is 21.7 Å². The van der Waals surface area contributed by atoms with Crippen LogP contribution < -0.4 is 5.32 Å². The van der Waals surface area contributed by atoms with Gasteiger partial charge in [0.15, 0.2) is 5.13 Å². The van der Waals surface area contributed by atoms with E-state index >= 15 is 0 Å². The van der Waals surface area contributed by atoms with E-state index in [9.17, 15) is 9.18 Å². The first-order chi connectivity index (χ1) is 13.6.